The van der Waals surface area contributed by atoms with Gasteiger partial charge in [0.2, 0.25) is 0 Å². The van der Waals surface area contributed by atoms with Gasteiger partial charge in [0.05, 0.1) is 6.04 Å². The van der Waals surface area contributed by atoms with E-state index in [0.717, 1.165) is 47.5 Å². The van der Waals surface area contributed by atoms with Gasteiger partial charge in [0.15, 0.2) is 0 Å². The molecule has 7 heteroatoms. The molecular formula is C25H24F2N2O3. The van der Waals surface area contributed by atoms with Crippen LogP contribution in [0, 0.1) is 11.6 Å². The van der Waals surface area contributed by atoms with Gasteiger partial charge in [-0.1, -0.05) is 18.2 Å². The lowest BCUT2D eigenvalue weighted by Gasteiger charge is -2.43. The number of aliphatic carboxylic acids is 1. The van der Waals surface area contributed by atoms with Crippen LogP contribution in [-0.4, -0.2) is 46.8 Å². The van der Waals surface area contributed by atoms with Gasteiger partial charge < -0.3 is 14.8 Å². The number of fused-ring (bicyclic) bond motifs is 3. The first-order valence-corrected chi connectivity index (χ1v) is 10.9. The maximum absolute atomic E-state index is 15.4. The van der Waals surface area contributed by atoms with Crippen molar-refractivity contribution in [2.24, 2.45) is 0 Å². The highest BCUT2D eigenvalue weighted by atomic mass is 19.1. The van der Waals surface area contributed by atoms with Gasteiger partial charge in [-0.3, -0.25) is 4.90 Å². The number of H-pyrrole nitrogens is 1. The van der Waals surface area contributed by atoms with Crippen LogP contribution < -0.4 is 0 Å². The lowest BCUT2D eigenvalue weighted by Crippen LogP contribution is -2.46. The number of nitrogens with one attached hydrogen (secondary N) is 1. The van der Waals surface area contributed by atoms with Crippen molar-refractivity contribution in [1.29, 1.82) is 0 Å². The molecule has 0 radical (unpaired) electrons. The molecule has 3 heterocycles. The van der Waals surface area contributed by atoms with Crippen molar-refractivity contribution in [2.45, 2.75) is 31.3 Å². The largest absolute Gasteiger partial charge is 0.478 e. The van der Waals surface area contributed by atoms with Gasteiger partial charge in [0, 0.05) is 54.0 Å². The van der Waals surface area contributed by atoms with Gasteiger partial charge >= 0.3 is 5.97 Å². The highest BCUT2D eigenvalue weighted by Gasteiger charge is 2.39. The third-order valence-corrected chi connectivity index (χ3v) is 6.52. The fourth-order valence-electron chi connectivity index (χ4n) is 5.11. The van der Waals surface area contributed by atoms with Crippen LogP contribution in [0.15, 0.2) is 42.5 Å². The Labute approximate surface area is 184 Å². The SMILES string of the molecule is O=C(O)/C=C/c1cc(F)c([C@@H]2c3[nH]c4ccccc4c3CCN2C2CCOCC2)c(F)c1. The number of nitrogens with zero attached hydrogens (tertiary/aromatic N) is 1. The molecule has 2 aromatic carbocycles. The molecule has 5 nitrogen and oxygen atoms in total. The number of benzene rings is 2. The van der Waals surface area contributed by atoms with Crippen LogP contribution >= 0.6 is 0 Å². The summed E-state index contributed by atoms with van der Waals surface area (Å²) in [6.07, 6.45) is 4.50. The van der Waals surface area contributed by atoms with Crippen molar-refractivity contribution >= 4 is 22.9 Å². The fraction of sp³-hybridized carbons (Fsp3) is 0.320. The van der Waals surface area contributed by atoms with E-state index < -0.39 is 23.6 Å². The lowest BCUT2D eigenvalue weighted by atomic mass is 9.88. The lowest BCUT2D eigenvalue weighted by molar-refractivity contribution is -0.131. The molecule has 0 aliphatic carbocycles. The van der Waals surface area contributed by atoms with E-state index in [1.165, 1.54) is 18.2 Å². The molecule has 3 aromatic rings. The molecule has 2 N–H and O–H groups in total. The zero-order valence-corrected chi connectivity index (χ0v) is 17.5. The van der Waals surface area contributed by atoms with Crippen LogP contribution in [-0.2, 0) is 16.0 Å². The Balaban J connectivity index is 1.65. The minimum absolute atomic E-state index is 0.00327. The minimum atomic E-state index is -1.17. The van der Waals surface area contributed by atoms with Gasteiger partial charge in [0.1, 0.15) is 11.6 Å². The fourth-order valence-corrected chi connectivity index (χ4v) is 5.11. The Bertz CT molecular complexity index is 1170. The molecule has 1 saturated heterocycles. The molecule has 2 aliphatic heterocycles. The van der Waals surface area contributed by atoms with E-state index in [0.29, 0.717) is 19.8 Å². The van der Waals surface area contributed by atoms with Crippen molar-refractivity contribution in [3.05, 3.63) is 76.5 Å². The van der Waals surface area contributed by atoms with E-state index in [-0.39, 0.29) is 17.2 Å². The summed E-state index contributed by atoms with van der Waals surface area (Å²) in [5, 5.41) is 9.92. The number of carboxylic acids is 1. The second-order valence-corrected chi connectivity index (χ2v) is 8.37. The normalized spacial score (nSPS) is 20.1. The molecule has 0 spiro atoms. The zero-order valence-electron chi connectivity index (χ0n) is 17.5. The number of carbonyl (C=O) groups is 1. The molecule has 5 rings (SSSR count). The van der Waals surface area contributed by atoms with E-state index in [2.05, 4.69) is 9.88 Å². The summed E-state index contributed by atoms with van der Waals surface area (Å²) in [7, 11) is 0. The monoisotopic (exact) mass is 438 g/mol. The Kier molecular flexibility index (Phi) is 5.53. The Morgan fingerprint density at radius 2 is 1.88 bits per heavy atom. The minimum Gasteiger partial charge on any atom is -0.478 e. The number of hydrogen-bond donors (Lipinski definition) is 2. The summed E-state index contributed by atoms with van der Waals surface area (Å²) in [6.45, 7) is 1.97. The van der Waals surface area contributed by atoms with Gasteiger partial charge in [0.25, 0.3) is 0 Å². The number of rotatable bonds is 4. The predicted octanol–water partition coefficient (Wildman–Crippen LogP) is 4.67. The van der Waals surface area contributed by atoms with Gasteiger partial charge in [-0.15, -0.1) is 0 Å². The molecule has 1 aromatic heterocycles. The number of hydrogen-bond acceptors (Lipinski definition) is 3. The second-order valence-electron chi connectivity index (χ2n) is 8.37. The summed E-state index contributed by atoms with van der Waals surface area (Å²) in [5.74, 6) is -2.53. The number of aromatic amines is 1. The van der Waals surface area contributed by atoms with Crippen molar-refractivity contribution in [1.82, 2.24) is 9.88 Å². The van der Waals surface area contributed by atoms with Crippen molar-refractivity contribution in [2.75, 3.05) is 19.8 Å². The molecule has 0 unspecified atom stereocenters. The van der Waals surface area contributed by atoms with Crippen molar-refractivity contribution in [3.63, 3.8) is 0 Å². The van der Waals surface area contributed by atoms with E-state index >= 15 is 8.78 Å². The summed E-state index contributed by atoms with van der Waals surface area (Å²) >= 11 is 0. The Morgan fingerprint density at radius 1 is 1.16 bits per heavy atom. The summed E-state index contributed by atoms with van der Waals surface area (Å²) in [4.78, 5) is 16.4. The third-order valence-electron chi connectivity index (χ3n) is 6.52. The Morgan fingerprint density at radius 3 is 2.59 bits per heavy atom. The van der Waals surface area contributed by atoms with E-state index in [1.807, 2.05) is 24.3 Å². The highest BCUT2D eigenvalue weighted by molar-refractivity contribution is 5.86. The van der Waals surface area contributed by atoms with Gasteiger partial charge in [-0.25, -0.2) is 13.6 Å². The summed E-state index contributed by atoms with van der Waals surface area (Å²) in [6, 6.07) is 9.93. The number of halogens is 2. The topological polar surface area (TPSA) is 65.6 Å². The number of carboxylic acid groups (broad SMARTS) is 1. The first-order chi connectivity index (χ1) is 15.5. The molecule has 1 atom stereocenters. The maximum Gasteiger partial charge on any atom is 0.328 e. The average Bonchev–Trinajstić information content (AvgIpc) is 3.17. The molecular weight excluding hydrogens is 414 g/mol. The van der Waals surface area contributed by atoms with Gasteiger partial charge in [-0.2, -0.15) is 0 Å². The maximum atomic E-state index is 15.4. The molecule has 32 heavy (non-hydrogen) atoms. The first kappa shape index (κ1) is 20.8. The van der Waals surface area contributed by atoms with E-state index in [4.69, 9.17) is 9.84 Å². The summed E-state index contributed by atoms with van der Waals surface area (Å²) in [5.41, 5.74) is 3.06. The van der Waals surface area contributed by atoms with Crippen LogP contribution in [0.5, 0.6) is 0 Å². The smallest absolute Gasteiger partial charge is 0.328 e. The quantitative estimate of drug-likeness (QED) is 0.581. The van der Waals surface area contributed by atoms with Crippen LogP contribution in [0.2, 0.25) is 0 Å². The van der Waals surface area contributed by atoms with Crippen molar-refractivity contribution < 1.29 is 23.4 Å². The second kappa shape index (κ2) is 8.48. The van der Waals surface area contributed by atoms with Crippen LogP contribution in [0.1, 0.15) is 41.3 Å². The number of para-hydroxylation sites is 1. The predicted molar refractivity (Wildman–Crippen MR) is 117 cm³/mol. The molecule has 2 aliphatic rings. The molecule has 1 fully saturated rings. The standard InChI is InChI=1S/C25H24F2N2O3/c26-19-13-15(5-6-22(30)31)14-20(27)23(19)25-24-18(17-3-1-2-4-21(17)28-24)7-10-29(25)16-8-11-32-12-9-16/h1-6,13-14,16,25,28H,7-12H2,(H,30,31)/b6-5+/t25-/m1/s1. The first-order valence-electron chi connectivity index (χ1n) is 10.9. The number of ether oxygens (including phenoxy) is 1. The third kappa shape index (κ3) is 3.72. The molecule has 0 bridgehead atoms. The Hall–Kier alpha value is -3.03. The molecule has 0 amide bonds. The van der Waals surface area contributed by atoms with Crippen LogP contribution in [0.4, 0.5) is 8.78 Å². The van der Waals surface area contributed by atoms with E-state index in [9.17, 15) is 4.79 Å². The van der Waals surface area contributed by atoms with Crippen LogP contribution in [0.25, 0.3) is 17.0 Å². The van der Waals surface area contributed by atoms with Crippen molar-refractivity contribution in [3.8, 4) is 0 Å². The average molecular weight is 438 g/mol. The number of aromatic nitrogens is 1. The van der Waals surface area contributed by atoms with Crippen LogP contribution in [0.3, 0.4) is 0 Å². The van der Waals surface area contributed by atoms with E-state index in [1.54, 1.807) is 0 Å². The summed E-state index contributed by atoms with van der Waals surface area (Å²) < 4.78 is 36.4. The zero-order chi connectivity index (χ0) is 22.2. The van der Waals surface area contributed by atoms with Gasteiger partial charge in [-0.05, 0) is 54.7 Å². The molecule has 166 valence electrons. The highest BCUT2D eigenvalue weighted by Crippen LogP contribution is 2.42. The molecule has 0 saturated carbocycles.